The average Bonchev–Trinajstić information content (AvgIpc) is 1.94. The van der Waals surface area contributed by atoms with Crippen LogP contribution in [0.15, 0.2) is 28.7 Å². The van der Waals surface area contributed by atoms with Gasteiger partial charge >= 0.3 is 0 Å². The Morgan fingerprint density at radius 2 is 2.00 bits per heavy atom. The molecule has 0 amide bonds. The van der Waals surface area contributed by atoms with Gasteiger partial charge in [-0.2, -0.15) is 0 Å². The van der Waals surface area contributed by atoms with E-state index in [1.807, 2.05) is 24.3 Å². The van der Waals surface area contributed by atoms with Crippen LogP contribution in [-0.4, -0.2) is 0 Å². The van der Waals surface area contributed by atoms with Gasteiger partial charge in [0.15, 0.2) is 0 Å². The molecule has 1 aromatic rings. The van der Waals surface area contributed by atoms with Crippen molar-refractivity contribution in [3.05, 3.63) is 34.3 Å². The van der Waals surface area contributed by atoms with Gasteiger partial charge in [0.2, 0.25) is 0 Å². The van der Waals surface area contributed by atoms with Gasteiger partial charge in [0.1, 0.15) is 6.61 Å². The van der Waals surface area contributed by atoms with Gasteiger partial charge in [-0.25, -0.2) is 10.7 Å². The van der Waals surface area contributed by atoms with E-state index in [9.17, 15) is 0 Å². The van der Waals surface area contributed by atoms with Crippen LogP contribution in [0.1, 0.15) is 5.56 Å². The molecule has 0 bridgehead atoms. The number of hydrogen-bond acceptors (Lipinski definition) is 1. The fourth-order valence-corrected chi connectivity index (χ4v) is 1.12. The number of halogens is 2. The molecule has 0 saturated heterocycles. The van der Waals surface area contributed by atoms with Gasteiger partial charge in [0.25, 0.3) is 0 Å². The van der Waals surface area contributed by atoms with Gasteiger partial charge in [-0.15, -0.1) is 0 Å². The molecular formula is C7H9BrClNO. The maximum atomic E-state index is 4.73. The van der Waals surface area contributed by atoms with Crippen molar-refractivity contribution in [3.8, 4) is 0 Å². The molecule has 1 rings (SSSR count). The molecule has 0 saturated carbocycles. The molecule has 0 unspecified atom stereocenters. The Balaban J connectivity index is 0.000001000. The van der Waals surface area contributed by atoms with Crippen LogP contribution < -0.4 is 18.3 Å². The minimum absolute atomic E-state index is 0. The average molecular weight is 239 g/mol. The van der Waals surface area contributed by atoms with E-state index in [0.717, 1.165) is 10.0 Å². The van der Waals surface area contributed by atoms with E-state index >= 15 is 0 Å². The van der Waals surface area contributed by atoms with Gasteiger partial charge < -0.3 is 12.4 Å². The lowest BCUT2D eigenvalue weighted by atomic mass is 10.2. The van der Waals surface area contributed by atoms with Crippen LogP contribution in [0.5, 0.6) is 0 Å². The van der Waals surface area contributed by atoms with Crippen LogP contribution in [0.3, 0.4) is 0 Å². The van der Waals surface area contributed by atoms with Crippen molar-refractivity contribution in [3.63, 3.8) is 0 Å². The minimum Gasteiger partial charge on any atom is -1.00 e. The summed E-state index contributed by atoms with van der Waals surface area (Å²) in [5.74, 6) is 3.30. The monoisotopic (exact) mass is 237 g/mol. The van der Waals surface area contributed by atoms with Crippen molar-refractivity contribution in [1.82, 2.24) is 0 Å². The predicted octanol–water partition coefficient (Wildman–Crippen LogP) is -1.87. The third-order valence-electron chi connectivity index (χ3n) is 1.22. The summed E-state index contributed by atoms with van der Waals surface area (Å²) in [6.45, 7) is 0.557. The van der Waals surface area contributed by atoms with Crippen molar-refractivity contribution in [1.29, 1.82) is 0 Å². The molecule has 1 aromatic carbocycles. The number of quaternary nitrogens is 1. The summed E-state index contributed by atoms with van der Waals surface area (Å²) in [6, 6.07) is 7.92. The standard InChI is InChI=1S/C7H9BrNO.ClH/c8-7-4-2-1-3-6(7)5-10-9;/h1-4H,5H2,9H3;1H/q+1;/p-1. The van der Waals surface area contributed by atoms with Crippen LogP contribution in [0, 0.1) is 0 Å². The highest BCUT2D eigenvalue weighted by atomic mass is 79.9. The fourth-order valence-electron chi connectivity index (χ4n) is 0.725. The Morgan fingerprint density at radius 3 is 2.55 bits per heavy atom. The summed E-state index contributed by atoms with van der Waals surface area (Å²) in [5, 5.41) is 0. The van der Waals surface area contributed by atoms with Crippen LogP contribution in [0.2, 0.25) is 0 Å². The van der Waals surface area contributed by atoms with Gasteiger partial charge in [-0.1, -0.05) is 34.1 Å². The quantitative estimate of drug-likeness (QED) is 0.602. The molecule has 62 valence electrons. The zero-order valence-corrected chi connectivity index (χ0v) is 8.23. The Hall–Kier alpha value is -0.0900. The van der Waals surface area contributed by atoms with E-state index in [2.05, 4.69) is 21.8 Å². The normalized spacial score (nSPS) is 8.91. The van der Waals surface area contributed by atoms with Gasteiger partial charge in [-0.05, 0) is 11.6 Å². The first-order chi connectivity index (χ1) is 4.84. The molecule has 0 heterocycles. The third kappa shape index (κ3) is 3.20. The third-order valence-corrected chi connectivity index (χ3v) is 1.99. The van der Waals surface area contributed by atoms with E-state index in [1.165, 1.54) is 0 Å². The summed E-state index contributed by atoms with van der Waals surface area (Å²) < 4.78 is 1.07. The SMILES string of the molecule is [Cl-].[NH3+]OCc1ccccc1Br. The summed E-state index contributed by atoms with van der Waals surface area (Å²) in [6.07, 6.45) is 0. The molecule has 0 fully saturated rings. The van der Waals surface area contributed by atoms with Crippen molar-refractivity contribution in [2.75, 3.05) is 0 Å². The summed E-state index contributed by atoms with van der Waals surface area (Å²) in [4.78, 5) is 4.73. The van der Waals surface area contributed by atoms with E-state index in [1.54, 1.807) is 0 Å². The van der Waals surface area contributed by atoms with E-state index in [4.69, 9.17) is 4.84 Å². The predicted molar refractivity (Wildman–Crippen MR) is 41.8 cm³/mol. The van der Waals surface area contributed by atoms with E-state index < -0.39 is 0 Å². The first-order valence-corrected chi connectivity index (χ1v) is 3.74. The molecule has 0 aliphatic rings. The first-order valence-electron chi connectivity index (χ1n) is 2.95. The smallest absolute Gasteiger partial charge is 0.132 e. The zero-order valence-electron chi connectivity index (χ0n) is 5.89. The van der Waals surface area contributed by atoms with Crippen LogP contribution >= 0.6 is 15.9 Å². The Labute approximate surface area is 80.2 Å². The van der Waals surface area contributed by atoms with Crippen molar-refractivity contribution >= 4 is 15.9 Å². The Kier molecular flexibility index (Phi) is 5.50. The van der Waals surface area contributed by atoms with E-state index in [-0.39, 0.29) is 12.4 Å². The molecule has 0 atom stereocenters. The lowest BCUT2D eigenvalue weighted by Crippen LogP contribution is -3.00. The highest BCUT2D eigenvalue weighted by Gasteiger charge is 1.96. The highest BCUT2D eigenvalue weighted by Crippen LogP contribution is 2.15. The molecule has 0 aliphatic carbocycles. The zero-order chi connectivity index (χ0) is 7.40. The summed E-state index contributed by atoms with van der Waals surface area (Å²) in [7, 11) is 0. The molecule has 0 aliphatic heterocycles. The molecule has 3 N–H and O–H groups in total. The summed E-state index contributed by atoms with van der Waals surface area (Å²) >= 11 is 3.39. The largest absolute Gasteiger partial charge is 1.00 e. The molecule has 0 radical (unpaired) electrons. The van der Waals surface area contributed by atoms with Gasteiger partial charge in [-0.3, -0.25) is 0 Å². The fraction of sp³-hybridized carbons (Fsp3) is 0.143. The summed E-state index contributed by atoms with van der Waals surface area (Å²) in [5.41, 5.74) is 1.12. The molecule has 2 nitrogen and oxygen atoms in total. The second-order valence-corrected chi connectivity index (χ2v) is 2.79. The molecule has 4 heteroatoms. The Bertz CT molecular complexity index is 219. The molecule has 0 aromatic heterocycles. The number of benzene rings is 1. The number of hydrogen-bond donors (Lipinski definition) is 1. The molecular weight excluding hydrogens is 229 g/mol. The van der Waals surface area contributed by atoms with Crippen molar-refractivity contribution in [2.24, 2.45) is 0 Å². The van der Waals surface area contributed by atoms with E-state index in [0.29, 0.717) is 6.61 Å². The second kappa shape index (κ2) is 5.55. The lowest BCUT2D eigenvalue weighted by molar-refractivity contribution is -0.695. The minimum atomic E-state index is 0. The van der Waals surface area contributed by atoms with Crippen LogP contribution in [0.4, 0.5) is 0 Å². The number of rotatable bonds is 2. The van der Waals surface area contributed by atoms with Crippen LogP contribution in [0.25, 0.3) is 0 Å². The van der Waals surface area contributed by atoms with Gasteiger partial charge in [0.05, 0.1) is 0 Å². The molecule has 11 heavy (non-hydrogen) atoms. The maximum absolute atomic E-state index is 4.73. The van der Waals surface area contributed by atoms with Gasteiger partial charge in [0, 0.05) is 4.47 Å². The maximum Gasteiger partial charge on any atom is 0.132 e. The van der Waals surface area contributed by atoms with Crippen molar-refractivity contribution < 1.29 is 23.1 Å². The topological polar surface area (TPSA) is 36.9 Å². The Morgan fingerprint density at radius 1 is 1.36 bits per heavy atom. The lowest BCUT2D eigenvalue weighted by Gasteiger charge is -1.97. The first kappa shape index (κ1) is 10.9. The second-order valence-electron chi connectivity index (χ2n) is 1.94. The van der Waals surface area contributed by atoms with Crippen molar-refractivity contribution in [2.45, 2.75) is 6.61 Å². The highest BCUT2D eigenvalue weighted by molar-refractivity contribution is 9.10. The molecule has 0 spiro atoms. The van der Waals surface area contributed by atoms with Crippen LogP contribution in [-0.2, 0) is 11.4 Å².